The van der Waals surface area contributed by atoms with E-state index in [9.17, 15) is 4.79 Å². The zero-order valence-corrected chi connectivity index (χ0v) is 12.4. The van der Waals surface area contributed by atoms with Crippen LogP contribution < -0.4 is 0 Å². The Balaban J connectivity index is 1.85. The first-order chi connectivity index (χ1) is 8.72. The standard InChI is InChI=1S/C14H21ClO2S/c1-17-10-7-6-9(15)12-13(16)8-4-2-3-5-11(8)18-14(10)12/h8-12,14H,2-7H2,1H3. The number of methoxy groups -OCH3 is 1. The number of ether oxygens (including phenoxy) is 1. The lowest BCUT2D eigenvalue weighted by Gasteiger charge is -2.48. The molecule has 1 saturated heterocycles. The first kappa shape index (κ1) is 13.3. The summed E-state index contributed by atoms with van der Waals surface area (Å²) in [6.45, 7) is 0. The number of carbonyl (C=O) groups excluding carboxylic acids is 1. The molecule has 18 heavy (non-hydrogen) atoms. The SMILES string of the molecule is COC1CCC(Cl)C2C(=O)C3CCCCC3SC12. The van der Waals surface area contributed by atoms with Gasteiger partial charge in [0.15, 0.2) is 0 Å². The van der Waals surface area contributed by atoms with Gasteiger partial charge in [0.25, 0.3) is 0 Å². The molecule has 0 N–H and O–H groups in total. The first-order valence-electron chi connectivity index (χ1n) is 7.08. The summed E-state index contributed by atoms with van der Waals surface area (Å²) in [6.07, 6.45) is 6.93. The Morgan fingerprint density at radius 1 is 1.22 bits per heavy atom. The van der Waals surface area contributed by atoms with Crippen LogP contribution in [0.4, 0.5) is 0 Å². The molecule has 102 valence electrons. The van der Waals surface area contributed by atoms with E-state index in [1.807, 2.05) is 11.8 Å². The van der Waals surface area contributed by atoms with Crippen LogP contribution in [0.15, 0.2) is 0 Å². The second-order valence-electron chi connectivity index (χ2n) is 5.83. The quantitative estimate of drug-likeness (QED) is 0.693. The molecule has 1 heterocycles. The number of alkyl halides is 1. The van der Waals surface area contributed by atoms with Crippen LogP contribution in [0.1, 0.15) is 38.5 Å². The Labute approximate surface area is 118 Å². The van der Waals surface area contributed by atoms with E-state index in [4.69, 9.17) is 16.3 Å². The van der Waals surface area contributed by atoms with Crippen molar-refractivity contribution in [2.75, 3.05) is 7.11 Å². The molecule has 6 unspecified atom stereocenters. The highest BCUT2D eigenvalue weighted by Gasteiger charge is 2.51. The molecule has 3 fully saturated rings. The third-order valence-electron chi connectivity index (χ3n) is 4.87. The van der Waals surface area contributed by atoms with E-state index in [1.54, 1.807) is 7.11 Å². The van der Waals surface area contributed by atoms with E-state index in [2.05, 4.69) is 0 Å². The predicted octanol–water partition coefficient (Wildman–Crippen LogP) is 3.26. The zero-order chi connectivity index (χ0) is 12.7. The Bertz CT molecular complexity index is 336. The number of fused-ring (bicyclic) bond motifs is 2. The van der Waals surface area contributed by atoms with Crippen LogP contribution >= 0.6 is 23.4 Å². The van der Waals surface area contributed by atoms with Crippen LogP contribution in [0.2, 0.25) is 0 Å². The summed E-state index contributed by atoms with van der Waals surface area (Å²) < 4.78 is 5.61. The predicted molar refractivity (Wildman–Crippen MR) is 75.3 cm³/mol. The monoisotopic (exact) mass is 288 g/mol. The van der Waals surface area contributed by atoms with Gasteiger partial charge in [-0.3, -0.25) is 4.79 Å². The summed E-state index contributed by atoms with van der Waals surface area (Å²) in [6, 6.07) is 0. The minimum atomic E-state index is 0.0317. The maximum absolute atomic E-state index is 12.7. The molecule has 0 aromatic heterocycles. The molecule has 0 radical (unpaired) electrons. The normalized spacial score (nSPS) is 48.4. The topological polar surface area (TPSA) is 26.3 Å². The molecule has 2 nitrogen and oxygen atoms in total. The number of ketones is 1. The van der Waals surface area contributed by atoms with Gasteiger partial charge in [-0.25, -0.2) is 0 Å². The van der Waals surface area contributed by atoms with Crippen molar-refractivity contribution in [3.8, 4) is 0 Å². The van der Waals surface area contributed by atoms with E-state index in [0.29, 0.717) is 16.3 Å². The number of carbonyl (C=O) groups is 1. The van der Waals surface area contributed by atoms with Gasteiger partial charge >= 0.3 is 0 Å². The van der Waals surface area contributed by atoms with E-state index in [0.717, 1.165) is 19.3 Å². The highest BCUT2D eigenvalue weighted by atomic mass is 35.5. The molecule has 2 aliphatic carbocycles. The Kier molecular flexibility index (Phi) is 3.93. The fourth-order valence-corrected chi connectivity index (χ4v) is 6.48. The van der Waals surface area contributed by atoms with Crippen LogP contribution in [-0.2, 0) is 9.53 Å². The summed E-state index contributed by atoms with van der Waals surface area (Å²) >= 11 is 8.46. The molecule has 3 aliphatic rings. The van der Waals surface area contributed by atoms with Crippen molar-refractivity contribution in [3.05, 3.63) is 0 Å². The van der Waals surface area contributed by atoms with Gasteiger partial charge in [0.2, 0.25) is 0 Å². The number of halogens is 1. The van der Waals surface area contributed by atoms with Gasteiger partial charge in [-0.05, 0) is 25.7 Å². The highest BCUT2D eigenvalue weighted by molar-refractivity contribution is 8.00. The van der Waals surface area contributed by atoms with Gasteiger partial charge in [-0.2, -0.15) is 11.8 Å². The Morgan fingerprint density at radius 2 is 2.00 bits per heavy atom. The van der Waals surface area contributed by atoms with Crippen molar-refractivity contribution in [3.63, 3.8) is 0 Å². The van der Waals surface area contributed by atoms with Crippen molar-refractivity contribution < 1.29 is 9.53 Å². The first-order valence-corrected chi connectivity index (χ1v) is 8.46. The molecule has 4 heteroatoms. The van der Waals surface area contributed by atoms with Crippen molar-refractivity contribution in [2.45, 2.75) is 60.5 Å². The van der Waals surface area contributed by atoms with Crippen LogP contribution in [0, 0.1) is 11.8 Å². The maximum Gasteiger partial charge on any atom is 0.142 e. The van der Waals surface area contributed by atoms with Gasteiger partial charge in [0, 0.05) is 34.8 Å². The second-order valence-corrected chi connectivity index (χ2v) is 7.81. The number of thioether (sulfide) groups is 1. The lowest BCUT2D eigenvalue weighted by Crippen LogP contribution is -2.54. The number of hydrogen-bond donors (Lipinski definition) is 0. The smallest absolute Gasteiger partial charge is 0.142 e. The molecular weight excluding hydrogens is 268 g/mol. The van der Waals surface area contributed by atoms with Gasteiger partial charge in [0.1, 0.15) is 5.78 Å². The molecule has 0 aromatic carbocycles. The Morgan fingerprint density at radius 3 is 2.78 bits per heavy atom. The molecule has 2 saturated carbocycles. The number of rotatable bonds is 1. The van der Waals surface area contributed by atoms with Crippen molar-refractivity contribution >= 4 is 29.1 Å². The third kappa shape index (κ3) is 2.12. The molecule has 0 aromatic rings. The molecular formula is C14H21ClO2S. The lowest BCUT2D eigenvalue weighted by molar-refractivity contribution is -0.130. The second kappa shape index (κ2) is 5.34. The van der Waals surface area contributed by atoms with Gasteiger partial charge in [0.05, 0.1) is 6.10 Å². The van der Waals surface area contributed by atoms with Crippen molar-refractivity contribution in [1.82, 2.24) is 0 Å². The van der Waals surface area contributed by atoms with Crippen molar-refractivity contribution in [1.29, 1.82) is 0 Å². The highest BCUT2D eigenvalue weighted by Crippen LogP contribution is 2.50. The van der Waals surface area contributed by atoms with E-state index >= 15 is 0 Å². The average molecular weight is 289 g/mol. The summed E-state index contributed by atoms with van der Waals surface area (Å²) in [5.41, 5.74) is 0. The van der Waals surface area contributed by atoms with Gasteiger partial charge in [-0.15, -0.1) is 11.6 Å². The Hall–Kier alpha value is 0.270. The number of Topliss-reactive ketones (excluding diaryl/α,β-unsaturated/α-hetero) is 1. The van der Waals surface area contributed by atoms with E-state index in [-0.39, 0.29) is 23.3 Å². The van der Waals surface area contributed by atoms with Gasteiger partial charge in [-0.1, -0.05) is 12.8 Å². The van der Waals surface area contributed by atoms with E-state index in [1.165, 1.54) is 19.3 Å². The third-order valence-corrected chi connectivity index (χ3v) is 7.18. The largest absolute Gasteiger partial charge is 0.380 e. The maximum atomic E-state index is 12.7. The lowest BCUT2D eigenvalue weighted by atomic mass is 9.74. The summed E-state index contributed by atoms with van der Waals surface area (Å²) in [4.78, 5) is 12.7. The minimum Gasteiger partial charge on any atom is -0.380 e. The summed E-state index contributed by atoms with van der Waals surface area (Å²) in [5, 5.41) is 0.870. The van der Waals surface area contributed by atoms with Crippen LogP contribution in [-0.4, -0.2) is 34.9 Å². The van der Waals surface area contributed by atoms with Gasteiger partial charge < -0.3 is 4.74 Å². The molecule has 0 spiro atoms. The zero-order valence-electron chi connectivity index (χ0n) is 10.8. The van der Waals surface area contributed by atoms with Crippen LogP contribution in [0.3, 0.4) is 0 Å². The fourth-order valence-electron chi connectivity index (χ4n) is 3.90. The fraction of sp³-hybridized carbons (Fsp3) is 0.929. The summed E-state index contributed by atoms with van der Waals surface area (Å²) in [7, 11) is 1.77. The average Bonchev–Trinajstić information content (AvgIpc) is 2.39. The van der Waals surface area contributed by atoms with Crippen LogP contribution in [0.25, 0.3) is 0 Å². The molecule has 1 aliphatic heterocycles. The summed E-state index contributed by atoms with van der Waals surface area (Å²) in [5.74, 6) is 0.766. The van der Waals surface area contributed by atoms with E-state index < -0.39 is 0 Å². The van der Waals surface area contributed by atoms with Crippen LogP contribution in [0.5, 0.6) is 0 Å². The molecule has 6 atom stereocenters. The molecule has 0 bridgehead atoms. The molecule has 3 rings (SSSR count). The molecule has 0 amide bonds. The number of hydrogen-bond acceptors (Lipinski definition) is 3. The van der Waals surface area contributed by atoms with Crippen molar-refractivity contribution in [2.24, 2.45) is 11.8 Å². The minimum absolute atomic E-state index is 0.0317.